The van der Waals surface area contributed by atoms with Gasteiger partial charge in [-0.15, -0.1) is 11.3 Å². The predicted molar refractivity (Wildman–Crippen MR) is 108 cm³/mol. The van der Waals surface area contributed by atoms with Gasteiger partial charge in [-0.2, -0.15) is 5.10 Å². The number of nitrogens with one attached hydrogen (secondary N) is 3. The third-order valence-corrected chi connectivity index (χ3v) is 5.97. The van der Waals surface area contributed by atoms with E-state index in [1.807, 2.05) is 6.92 Å². The molecule has 0 aromatic carbocycles. The lowest BCUT2D eigenvalue weighted by Gasteiger charge is -2.21. The molecule has 3 rings (SSSR count). The summed E-state index contributed by atoms with van der Waals surface area (Å²) in [6, 6.07) is 0.456. The molecule has 0 radical (unpaired) electrons. The summed E-state index contributed by atoms with van der Waals surface area (Å²) in [5.41, 5.74) is 0.832. The SMILES string of the molecule is Cc1ncc(CC(=O)Nc2cc([C@H]3CCC(OC(=O)NC(C)C(C)(F)F)C3)[nH]n2)s1. The van der Waals surface area contributed by atoms with Gasteiger partial charge in [-0.25, -0.2) is 18.6 Å². The number of H-pyrrole nitrogens is 1. The maximum atomic E-state index is 13.2. The molecule has 0 bridgehead atoms. The van der Waals surface area contributed by atoms with Crippen molar-refractivity contribution in [1.82, 2.24) is 20.5 Å². The summed E-state index contributed by atoms with van der Waals surface area (Å²) in [6.45, 7) is 3.86. The van der Waals surface area contributed by atoms with Gasteiger partial charge in [0, 0.05) is 35.7 Å². The maximum absolute atomic E-state index is 13.2. The third kappa shape index (κ3) is 5.97. The molecule has 2 aromatic heterocycles. The number of amides is 2. The fourth-order valence-corrected chi connectivity index (χ4v) is 4.05. The van der Waals surface area contributed by atoms with E-state index in [2.05, 4.69) is 25.8 Å². The van der Waals surface area contributed by atoms with E-state index < -0.39 is 18.1 Å². The van der Waals surface area contributed by atoms with Gasteiger partial charge in [0.2, 0.25) is 5.91 Å². The fraction of sp³-hybridized carbons (Fsp3) is 0.579. The smallest absolute Gasteiger partial charge is 0.407 e. The van der Waals surface area contributed by atoms with Crippen molar-refractivity contribution in [3.8, 4) is 0 Å². The molecule has 0 spiro atoms. The summed E-state index contributed by atoms with van der Waals surface area (Å²) in [5, 5.41) is 12.9. The molecule has 11 heteroatoms. The number of aromatic amines is 1. The molecule has 2 unspecified atom stereocenters. The van der Waals surface area contributed by atoms with Gasteiger partial charge in [0.15, 0.2) is 5.82 Å². The monoisotopic (exact) mass is 441 g/mol. The van der Waals surface area contributed by atoms with Crippen molar-refractivity contribution in [2.24, 2.45) is 0 Å². The van der Waals surface area contributed by atoms with Crippen LogP contribution < -0.4 is 10.6 Å². The van der Waals surface area contributed by atoms with Crippen molar-refractivity contribution < 1.29 is 23.1 Å². The first-order valence-corrected chi connectivity index (χ1v) is 10.5. The first kappa shape index (κ1) is 22.1. The van der Waals surface area contributed by atoms with Crippen molar-refractivity contribution >= 4 is 29.2 Å². The number of carbonyl (C=O) groups excluding carboxylic acids is 2. The Hall–Kier alpha value is -2.56. The Kier molecular flexibility index (Phi) is 6.69. The molecule has 30 heavy (non-hydrogen) atoms. The van der Waals surface area contributed by atoms with Crippen molar-refractivity contribution in [2.75, 3.05) is 5.32 Å². The van der Waals surface area contributed by atoms with Gasteiger partial charge in [-0.05, 0) is 33.1 Å². The Balaban J connectivity index is 1.47. The number of carbonyl (C=O) groups is 2. The molecule has 164 valence electrons. The molecule has 1 fully saturated rings. The van der Waals surface area contributed by atoms with Crippen LogP contribution in [0.15, 0.2) is 12.3 Å². The van der Waals surface area contributed by atoms with Gasteiger partial charge >= 0.3 is 6.09 Å². The van der Waals surface area contributed by atoms with E-state index in [1.165, 1.54) is 18.3 Å². The highest BCUT2D eigenvalue weighted by molar-refractivity contribution is 7.11. The number of thiazole rings is 1. The van der Waals surface area contributed by atoms with Crippen LogP contribution in [0.3, 0.4) is 0 Å². The molecule has 8 nitrogen and oxygen atoms in total. The van der Waals surface area contributed by atoms with Crippen molar-refractivity contribution in [1.29, 1.82) is 0 Å². The number of alkyl halides is 2. The first-order valence-electron chi connectivity index (χ1n) is 9.71. The van der Waals surface area contributed by atoms with E-state index in [9.17, 15) is 18.4 Å². The molecule has 3 N–H and O–H groups in total. The number of aromatic nitrogens is 3. The molecule has 0 aliphatic heterocycles. The average Bonchev–Trinajstić information content (AvgIpc) is 3.36. The molecule has 0 saturated heterocycles. The minimum absolute atomic E-state index is 0.0788. The zero-order valence-corrected chi connectivity index (χ0v) is 17.8. The van der Waals surface area contributed by atoms with Crippen LogP contribution in [0.5, 0.6) is 0 Å². The molecule has 1 aliphatic carbocycles. The zero-order valence-electron chi connectivity index (χ0n) is 17.0. The highest BCUT2D eigenvalue weighted by Crippen LogP contribution is 2.36. The van der Waals surface area contributed by atoms with Crippen LogP contribution >= 0.6 is 11.3 Å². The second kappa shape index (κ2) is 9.07. The van der Waals surface area contributed by atoms with E-state index in [0.29, 0.717) is 18.7 Å². The number of ether oxygens (including phenoxy) is 1. The van der Waals surface area contributed by atoms with Crippen molar-refractivity contribution in [2.45, 2.75) is 70.4 Å². The van der Waals surface area contributed by atoms with Gasteiger partial charge in [0.25, 0.3) is 5.92 Å². The Bertz CT molecular complexity index is 895. The number of anilines is 1. The van der Waals surface area contributed by atoms with E-state index >= 15 is 0 Å². The van der Waals surface area contributed by atoms with Crippen LogP contribution in [0.2, 0.25) is 0 Å². The van der Waals surface area contributed by atoms with Gasteiger partial charge in [0.1, 0.15) is 6.10 Å². The van der Waals surface area contributed by atoms with Crippen LogP contribution in [-0.2, 0) is 16.0 Å². The second-order valence-electron chi connectivity index (χ2n) is 7.64. The minimum atomic E-state index is -3.02. The summed E-state index contributed by atoms with van der Waals surface area (Å²) in [7, 11) is 0. The fourth-order valence-electron chi connectivity index (χ4n) is 3.26. The number of halogens is 2. The number of nitrogens with zero attached hydrogens (tertiary/aromatic N) is 2. The molecular weight excluding hydrogens is 416 g/mol. The lowest BCUT2D eigenvalue weighted by Crippen LogP contribution is -2.44. The molecule has 3 atom stereocenters. The van der Waals surface area contributed by atoms with Crippen LogP contribution in [0.1, 0.15) is 54.6 Å². The quantitative estimate of drug-likeness (QED) is 0.606. The Morgan fingerprint density at radius 1 is 1.43 bits per heavy atom. The summed E-state index contributed by atoms with van der Waals surface area (Å²) < 4.78 is 31.6. The topological polar surface area (TPSA) is 109 Å². The van der Waals surface area contributed by atoms with Crippen molar-refractivity contribution in [3.05, 3.63) is 27.8 Å². The van der Waals surface area contributed by atoms with Crippen LogP contribution in [-0.4, -0.2) is 45.3 Å². The Labute approximate surface area is 176 Å². The molecule has 2 aromatic rings. The summed E-state index contributed by atoms with van der Waals surface area (Å²) in [6.07, 6.45) is 2.66. The lowest BCUT2D eigenvalue weighted by atomic mass is 10.0. The largest absolute Gasteiger partial charge is 0.446 e. The number of alkyl carbamates (subject to hydrolysis) is 1. The highest BCUT2D eigenvalue weighted by Gasteiger charge is 2.34. The average molecular weight is 442 g/mol. The molecule has 1 saturated carbocycles. The van der Waals surface area contributed by atoms with E-state index in [0.717, 1.165) is 28.9 Å². The number of aryl methyl sites for hydroxylation is 1. The highest BCUT2D eigenvalue weighted by atomic mass is 32.1. The van der Waals surface area contributed by atoms with Crippen LogP contribution in [0.25, 0.3) is 0 Å². The lowest BCUT2D eigenvalue weighted by molar-refractivity contribution is -0.115. The zero-order chi connectivity index (χ0) is 21.9. The van der Waals surface area contributed by atoms with Crippen LogP contribution in [0, 0.1) is 6.92 Å². The molecule has 2 amide bonds. The first-order chi connectivity index (χ1) is 14.1. The number of hydrogen-bond donors (Lipinski definition) is 3. The summed E-state index contributed by atoms with van der Waals surface area (Å²) >= 11 is 1.47. The van der Waals surface area contributed by atoms with Gasteiger partial charge in [-0.1, -0.05) is 0 Å². The summed E-state index contributed by atoms with van der Waals surface area (Å²) in [4.78, 5) is 29.0. The number of hydrogen-bond acceptors (Lipinski definition) is 6. The van der Waals surface area contributed by atoms with Gasteiger partial charge in [-0.3, -0.25) is 9.89 Å². The standard InChI is InChI=1S/C19H25F2N5O3S/c1-10(19(3,20)21)23-18(28)29-13-5-4-12(6-13)15-8-16(26-25-15)24-17(27)7-14-9-22-11(2)30-14/h8-10,12-13H,4-7H2,1-3H3,(H,23,28)(H2,24,25,26,27)/t10?,12-,13?/m0/s1. The van der Waals surface area contributed by atoms with Crippen LogP contribution in [0.4, 0.5) is 19.4 Å². The molecule has 2 heterocycles. The van der Waals surface area contributed by atoms with E-state index in [-0.39, 0.29) is 24.3 Å². The second-order valence-corrected chi connectivity index (χ2v) is 8.96. The summed E-state index contributed by atoms with van der Waals surface area (Å²) in [5.74, 6) is -2.69. The van der Waals surface area contributed by atoms with Crippen molar-refractivity contribution in [3.63, 3.8) is 0 Å². The maximum Gasteiger partial charge on any atom is 0.407 e. The third-order valence-electron chi connectivity index (χ3n) is 5.06. The predicted octanol–water partition coefficient (Wildman–Crippen LogP) is 3.76. The Morgan fingerprint density at radius 2 is 2.20 bits per heavy atom. The van der Waals surface area contributed by atoms with E-state index in [4.69, 9.17) is 4.74 Å². The normalized spacial score (nSPS) is 20.0. The van der Waals surface area contributed by atoms with E-state index in [1.54, 1.807) is 12.3 Å². The van der Waals surface area contributed by atoms with Gasteiger partial charge in [0.05, 0.1) is 17.5 Å². The molecular formula is C19H25F2N5O3S. The number of rotatable bonds is 7. The Morgan fingerprint density at radius 3 is 2.87 bits per heavy atom. The molecule has 1 aliphatic rings. The minimum Gasteiger partial charge on any atom is -0.446 e. The van der Waals surface area contributed by atoms with Gasteiger partial charge < -0.3 is 15.4 Å².